The van der Waals surface area contributed by atoms with Gasteiger partial charge >= 0.3 is 0 Å². The summed E-state index contributed by atoms with van der Waals surface area (Å²) in [6.45, 7) is 7.91. The summed E-state index contributed by atoms with van der Waals surface area (Å²) in [7, 11) is 3.51. The molecule has 1 aliphatic heterocycles. The fourth-order valence-corrected chi connectivity index (χ4v) is 3.62. The van der Waals surface area contributed by atoms with Gasteiger partial charge in [0.05, 0.1) is 6.54 Å². The molecule has 1 heterocycles. The van der Waals surface area contributed by atoms with Gasteiger partial charge in [-0.05, 0) is 49.8 Å². The molecule has 1 aromatic carbocycles. The van der Waals surface area contributed by atoms with E-state index >= 15 is 0 Å². The fraction of sp³-hybridized carbons (Fsp3) is 0.609. The minimum absolute atomic E-state index is 0.00692. The zero-order valence-corrected chi connectivity index (χ0v) is 18.9. The fourth-order valence-electron chi connectivity index (χ4n) is 3.62. The van der Waals surface area contributed by atoms with E-state index in [-0.39, 0.29) is 11.8 Å². The van der Waals surface area contributed by atoms with Crippen molar-refractivity contribution in [3.8, 4) is 0 Å². The van der Waals surface area contributed by atoms with E-state index < -0.39 is 0 Å². The van der Waals surface area contributed by atoms with Gasteiger partial charge in [0.25, 0.3) is 5.91 Å². The predicted octanol–water partition coefficient (Wildman–Crippen LogP) is 2.13. The normalized spacial score (nSPS) is 16.9. The van der Waals surface area contributed by atoms with Crippen LogP contribution in [-0.2, 0) is 11.2 Å². The lowest BCUT2D eigenvalue weighted by Gasteiger charge is -2.30. The van der Waals surface area contributed by atoms with Crippen LogP contribution >= 0.6 is 0 Å². The van der Waals surface area contributed by atoms with Crippen molar-refractivity contribution in [2.75, 3.05) is 46.8 Å². The molecule has 0 aromatic heterocycles. The van der Waals surface area contributed by atoms with E-state index in [1.165, 1.54) is 6.42 Å². The van der Waals surface area contributed by atoms with Crippen molar-refractivity contribution in [1.82, 2.24) is 20.4 Å². The van der Waals surface area contributed by atoms with Crippen molar-refractivity contribution < 1.29 is 9.59 Å². The van der Waals surface area contributed by atoms with Crippen molar-refractivity contribution >= 4 is 17.8 Å². The number of hydrogen-bond donors (Lipinski definition) is 2. The largest absolute Gasteiger partial charge is 0.357 e. The molecule has 166 valence electrons. The Balaban J connectivity index is 1.81. The van der Waals surface area contributed by atoms with Crippen LogP contribution in [0.1, 0.15) is 49.0 Å². The molecule has 30 heavy (non-hydrogen) atoms. The maximum atomic E-state index is 12.4. The minimum atomic E-state index is 0.00692. The third-order valence-electron chi connectivity index (χ3n) is 5.24. The van der Waals surface area contributed by atoms with Gasteiger partial charge in [-0.3, -0.25) is 14.6 Å². The Bertz CT molecular complexity index is 732. The number of nitrogens with zero attached hydrogens (tertiary/aromatic N) is 3. The van der Waals surface area contributed by atoms with Gasteiger partial charge in [-0.25, -0.2) is 0 Å². The highest BCUT2D eigenvalue weighted by molar-refractivity contribution is 5.94. The van der Waals surface area contributed by atoms with Crippen LogP contribution in [0.5, 0.6) is 0 Å². The highest BCUT2D eigenvalue weighted by Gasteiger charge is 2.20. The summed E-state index contributed by atoms with van der Waals surface area (Å²) in [5.74, 6) is 1.52. The maximum absolute atomic E-state index is 12.4. The van der Waals surface area contributed by atoms with Gasteiger partial charge in [0.1, 0.15) is 0 Å². The summed E-state index contributed by atoms with van der Waals surface area (Å²) >= 11 is 0. The van der Waals surface area contributed by atoms with Crippen molar-refractivity contribution in [2.45, 2.75) is 39.5 Å². The van der Waals surface area contributed by atoms with Crippen molar-refractivity contribution in [3.05, 3.63) is 35.4 Å². The second-order valence-electron chi connectivity index (χ2n) is 8.17. The van der Waals surface area contributed by atoms with Crippen molar-refractivity contribution in [3.63, 3.8) is 0 Å². The second-order valence-corrected chi connectivity index (χ2v) is 8.17. The Morgan fingerprint density at radius 2 is 2.07 bits per heavy atom. The zero-order chi connectivity index (χ0) is 21.9. The summed E-state index contributed by atoms with van der Waals surface area (Å²) in [5, 5.41) is 6.55. The Hall–Kier alpha value is -2.57. The van der Waals surface area contributed by atoms with Gasteiger partial charge in [0, 0.05) is 52.3 Å². The maximum Gasteiger partial charge on any atom is 0.253 e. The Morgan fingerprint density at radius 1 is 1.27 bits per heavy atom. The van der Waals surface area contributed by atoms with E-state index in [0.717, 1.165) is 44.0 Å². The van der Waals surface area contributed by atoms with Crippen molar-refractivity contribution in [1.29, 1.82) is 0 Å². The third-order valence-corrected chi connectivity index (χ3v) is 5.24. The van der Waals surface area contributed by atoms with Crippen molar-refractivity contribution in [2.24, 2.45) is 10.9 Å². The van der Waals surface area contributed by atoms with Crippen LogP contribution in [-0.4, -0.2) is 74.4 Å². The summed E-state index contributed by atoms with van der Waals surface area (Å²) in [4.78, 5) is 32.6. The summed E-state index contributed by atoms with van der Waals surface area (Å²) in [6, 6.07) is 7.71. The standard InChI is InChI=1S/C23H37N5O2/c1-5-24-23(26-14-12-21(29)28-15-7-8-18(2)17-28)25-13-11-19-9-6-10-20(16-19)22(30)27(3)4/h6,9-10,16,18H,5,7-8,11-15,17H2,1-4H3,(H2,24,25,26). The molecule has 0 aliphatic carbocycles. The molecule has 2 N–H and O–H groups in total. The van der Waals surface area contributed by atoms with Crippen LogP contribution in [0, 0.1) is 5.92 Å². The number of hydrogen-bond acceptors (Lipinski definition) is 3. The molecule has 1 unspecified atom stereocenters. The van der Waals surface area contributed by atoms with Gasteiger partial charge in [-0.1, -0.05) is 19.1 Å². The molecule has 1 atom stereocenters. The van der Waals surface area contributed by atoms with Crippen LogP contribution in [0.3, 0.4) is 0 Å². The quantitative estimate of drug-likeness (QED) is 0.504. The van der Waals surface area contributed by atoms with Gasteiger partial charge in [0.15, 0.2) is 5.96 Å². The lowest BCUT2D eigenvalue weighted by molar-refractivity contribution is -0.132. The van der Waals surface area contributed by atoms with Gasteiger partial charge in [-0.15, -0.1) is 0 Å². The number of nitrogens with one attached hydrogen (secondary N) is 2. The Labute approximate surface area is 180 Å². The number of piperidine rings is 1. The Kier molecular flexibility index (Phi) is 9.64. The molecule has 7 nitrogen and oxygen atoms in total. The first kappa shape index (κ1) is 23.7. The molecule has 7 heteroatoms. The molecule has 2 rings (SSSR count). The molecule has 0 saturated carbocycles. The van der Waals surface area contributed by atoms with E-state index in [9.17, 15) is 9.59 Å². The number of aliphatic imine (C=N–C) groups is 1. The van der Waals surface area contributed by atoms with Crippen LogP contribution in [0.25, 0.3) is 0 Å². The molecule has 1 aliphatic rings. The van der Waals surface area contributed by atoms with Gasteiger partial charge in [0.2, 0.25) is 5.91 Å². The first-order valence-corrected chi connectivity index (χ1v) is 11.0. The number of rotatable bonds is 8. The molecular weight excluding hydrogens is 378 g/mol. The van der Waals surface area contributed by atoms with E-state index in [1.807, 2.05) is 36.1 Å². The first-order valence-electron chi connectivity index (χ1n) is 11.0. The number of benzene rings is 1. The average Bonchev–Trinajstić information content (AvgIpc) is 2.73. The summed E-state index contributed by atoms with van der Waals surface area (Å²) in [5.41, 5.74) is 1.80. The van der Waals surface area contributed by atoms with E-state index in [0.29, 0.717) is 31.0 Å². The third kappa shape index (κ3) is 7.69. The molecule has 0 spiro atoms. The summed E-state index contributed by atoms with van der Waals surface area (Å²) < 4.78 is 0. The monoisotopic (exact) mass is 415 g/mol. The molecular formula is C23H37N5O2. The van der Waals surface area contributed by atoms with Crippen LogP contribution in [0.4, 0.5) is 0 Å². The first-order chi connectivity index (χ1) is 14.4. The average molecular weight is 416 g/mol. The number of likely N-dealkylation sites (tertiary alicyclic amines) is 1. The second kappa shape index (κ2) is 12.2. The molecule has 2 amide bonds. The van der Waals surface area contributed by atoms with E-state index in [1.54, 1.807) is 19.0 Å². The Morgan fingerprint density at radius 3 is 2.77 bits per heavy atom. The predicted molar refractivity (Wildman–Crippen MR) is 122 cm³/mol. The topological polar surface area (TPSA) is 77.0 Å². The zero-order valence-electron chi connectivity index (χ0n) is 18.9. The lowest BCUT2D eigenvalue weighted by atomic mass is 10.00. The van der Waals surface area contributed by atoms with Gasteiger partial charge < -0.3 is 20.4 Å². The minimum Gasteiger partial charge on any atom is -0.357 e. The van der Waals surface area contributed by atoms with Crippen LogP contribution in [0.2, 0.25) is 0 Å². The van der Waals surface area contributed by atoms with Gasteiger partial charge in [-0.2, -0.15) is 0 Å². The number of carbonyl (C=O) groups excluding carboxylic acids is 2. The highest BCUT2D eigenvalue weighted by Crippen LogP contribution is 2.16. The number of carbonyl (C=O) groups is 2. The molecule has 0 radical (unpaired) electrons. The number of amides is 2. The van der Waals surface area contributed by atoms with E-state index in [4.69, 9.17) is 0 Å². The molecule has 0 bridgehead atoms. The smallest absolute Gasteiger partial charge is 0.253 e. The molecule has 1 saturated heterocycles. The summed E-state index contributed by atoms with van der Waals surface area (Å²) in [6.07, 6.45) is 3.53. The highest BCUT2D eigenvalue weighted by atomic mass is 16.2. The van der Waals surface area contributed by atoms with Crippen LogP contribution in [0.15, 0.2) is 29.3 Å². The number of guanidine groups is 1. The molecule has 1 fully saturated rings. The van der Waals surface area contributed by atoms with E-state index in [2.05, 4.69) is 22.5 Å². The lowest BCUT2D eigenvalue weighted by Crippen LogP contribution is -2.40. The molecule has 1 aromatic rings. The SMILES string of the molecule is CCNC(=NCCC(=O)N1CCCC(C)C1)NCCc1cccc(C(=O)N(C)C)c1. The van der Waals surface area contributed by atoms with Crippen LogP contribution < -0.4 is 10.6 Å².